The van der Waals surface area contributed by atoms with Crippen molar-refractivity contribution in [3.8, 4) is 17.0 Å². The Hall–Kier alpha value is -3.32. The summed E-state index contributed by atoms with van der Waals surface area (Å²) in [5.41, 5.74) is 5.08. The number of benzene rings is 2. The minimum atomic E-state index is -0.945. The second-order valence-electron chi connectivity index (χ2n) is 11.3. The second-order valence-corrected chi connectivity index (χ2v) is 11.3. The highest BCUT2D eigenvalue weighted by Gasteiger charge is 2.63. The fourth-order valence-electron chi connectivity index (χ4n) is 7.38. The number of carboxylic acids is 1. The van der Waals surface area contributed by atoms with Crippen LogP contribution in [0.25, 0.3) is 22.2 Å². The number of aromatic hydroxyl groups is 1. The largest absolute Gasteiger partial charge is 0.508 e. The molecule has 3 aromatic rings. The molecule has 37 heavy (non-hydrogen) atoms. The molecule has 7 nitrogen and oxygen atoms in total. The zero-order valence-corrected chi connectivity index (χ0v) is 20.9. The van der Waals surface area contributed by atoms with Gasteiger partial charge >= 0.3 is 5.97 Å². The lowest BCUT2D eigenvalue weighted by Crippen LogP contribution is -2.45. The van der Waals surface area contributed by atoms with Gasteiger partial charge in [-0.3, -0.25) is 4.79 Å². The zero-order valence-electron chi connectivity index (χ0n) is 20.9. The van der Waals surface area contributed by atoms with E-state index in [0.29, 0.717) is 38.8 Å². The summed E-state index contributed by atoms with van der Waals surface area (Å²) in [7, 11) is 0. The fraction of sp³-hybridized carbons (Fsp3) is 0.467. The van der Waals surface area contributed by atoms with Gasteiger partial charge in [0.1, 0.15) is 5.75 Å². The Morgan fingerprint density at radius 1 is 1.00 bits per heavy atom. The van der Waals surface area contributed by atoms with E-state index in [9.17, 15) is 19.8 Å². The van der Waals surface area contributed by atoms with Crippen LogP contribution in [0, 0.1) is 5.41 Å². The lowest BCUT2D eigenvalue weighted by Gasteiger charge is -2.31. The first-order chi connectivity index (χ1) is 18.0. The highest BCUT2D eigenvalue weighted by atomic mass is 16.5. The summed E-state index contributed by atoms with van der Waals surface area (Å²) in [4.78, 5) is 28.0. The average Bonchev–Trinajstić information content (AvgIpc) is 3.59. The minimum Gasteiger partial charge on any atom is -0.508 e. The van der Waals surface area contributed by atoms with Gasteiger partial charge in [-0.25, -0.2) is 4.79 Å². The Balaban J connectivity index is 1.49. The van der Waals surface area contributed by atoms with Gasteiger partial charge in [0.2, 0.25) is 5.91 Å². The van der Waals surface area contributed by atoms with Gasteiger partial charge < -0.3 is 24.4 Å². The maximum Gasteiger partial charge on any atom is 0.335 e. The summed E-state index contributed by atoms with van der Waals surface area (Å²) in [5, 5.41) is 21.4. The number of hydrogen-bond acceptors (Lipinski definition) is 4. The van der Waals surface area contributed by atoms with Gasteiger partial charge in [0.05, 0.1) is 29.9 Å². The summed E-state index contributed by atoms with van der Waals surface area (Å²) in [6.07, 6.45) is 6.58. The Morgan fingerprint density at radius 2 is 1.78 bits per heavy atom. The van der Waals surface area contributed by atoms with Gasteiger partial charge in [-0.1, -0.05) is 25.3 Å². The molecule has 2 aromatic carbocycles. The fourth-order valence-corrected chi connectivity index (χ4v) is 7.38. The van der Waals surface area contributed by atoms with Crippen LogP contribution in [-0.4, -0.2) is 57.9 Å². The van der Waals surface area contributed by atoms with Crippen molar-refractivity contribution in [3.63, 3.8) is 0 Å². The Morgan fingerprint density at radius 3 is 2.54 bits per heavy atom. The third kappa shape index (κ3) is 3.43. The van der Waals surface area contributed by atoms with Crippen LogP contribution in [0.15, 0.2) is 36.4 Å². The Bertz CT molecular complexity index is 1430. The van der Waals surface area contributed by atoms with Crippen molar-refractivity contribution < 1.29 is 24.5 Å². The number of phenols is 1. The number of hydrogen-bond donors (Lipinski definition) is 2. The first kappa shape index (κ1) is 22.8. The number of rotatable bonds is 3. The summed E-state index contributed by atoms with van der Waals surface area (Å²) < 4.78 is 7.77. The van der Waals surface area contributed by atoms with Crippen molar-refractivity contribution in [1.82, 2.24) is 9.47 Å². The molecule has 2 saturated carbocycles. The molecule has 7 heteroatoms. The van der Waals surface area contributed by atoms with Crippen molar-refractivity contribution in [3.05, 3.63) is 53.1 Å². The molecule has 3 heterocycles. The SMILES string of the molecule is O=C(O)c1ccc2c(C3CCCCC3)c3n(c2c1)CC1(C(=O)N2CCOCC2)CC1c1cc(O)ccc1-3. The third-order valence-corrected chi connectivity index (χ3v) is 9.27. The zero-order chi connectivity index (χ0) is 25.3. The molecule has 7 rings (SSSR count). The van der Waals surface area contributed by atoms with Gasteiger partial charge in [0, 0.05) is 42.0 Å². The van der Waals surface area contributed by atoms with Crippen LogP contribution in [-0.2, 0) is 16.1 Å². The molecule has 0 spiro atoms. The van der Waals surface area contributed by atoms with Crippen molar-refractivity contribution in [2.24, 2.45) is 5.41 Å². The number of nitrogens with zero attached hydrogens (tertiary/aromatic N) is 2. The molecule has 2 atom stereocenters. The van der Waals surface area contributed by atoms with Gasteiger partial charge in [0.15, 0.2) is 0 Å². The molecular weight excluding hydrogens is 468 g/mol. The second kappa shape index (κ2) is 8.35. The number of carbonyl (C=O) groups is 2. The Kier molecular flexibility index (Phi) is 5.15. The van der Waals surface area contributed by atoms with Crippen LogP contribution in [0.4, 0.5) is 0 Å². The Labute approximate surface area is 215 Å². The van der Waals surface area contributed by atoms with Crippen molar-refractivity contribution in [2.75, 3.05) is 26.3 Å². The summed E-state index contributed by atoms with van der Waals surface area (Å²) in [6, 6.07) is 11.1. The van der Waals surface area contributed by atoms with E-state index < -0.39 is 11.4 Å². The monoisotopic (exact) mass is 500 g/mol. The van der Waals surface area contributed by atoms with Gasteiger partial charge in [0.25, 0.3) is 0 Å². The lowest BCUT2D eigenvalue weighted by molar-refractivity contribution is -0.141. The summed E-state index contributed by atoms with van der Waals surface area (Å²) >= 11 is 0. The quantitative estimate of drug-likeness (QED) is 0.522. The molecule has 4 aliphatic rings. The molecule has 1 aromatic heterocycles. The predicted octanol–water partition coefficient (Wildman–Crippen LogP) is 5.11. The van der Waals surface area contributed by atoms with Crippen LogP contribution in [0.5, 0.6) is 5.75 Å². The van der Waals surface area contributed by atoms with E-state index in [2.05, 4.69) is 4.57 Å². The molecule has 1 amide bonds. The summed E-state index contributed by atoms with van der Waals surface area (Å²) in [5.74, 6) is -0.153. The van der Waals surface area contributed by atoms with Crippen molar-refractivity contribution >= 4 is 22.8 Å². The van der Waals surface area contributed by atoms with Gasteiger partial charge in [-0.05, 0) is 66.6 Å². The van der Waals surface area contributed by atoms with Gasteiger partial charge in [-0.2, -0.15) is 0 Å². The van der Waals surface area contributed by atoms with Crippen LogP contribution >= 0.6 is 0 Å². The van der Waals surface area contributed by atoms with E-state index in [4.69, 9.17) is 4.74 Å². The first-order valence-corrected chi connectivity index (χ1v) is 13.6. The number of amides is 1. The lowest BCUT2D eigenvalue weighted by atomic mass is 9.81. The van der Waals surface area contributed by atoms with E-state index >= 15 is 0 Å². The minimum absolute atomic E-state index is 0.0294. The normalized spacial score (nSPS) is 25.2. The molecule has 1 saturated heterocycles. The number of morpholine rings is 1. The van der Waals surface area contributed by atoms with E-state index in [0.717, 1.165) is 47.0 Å². The molecule has 192 valence electrons. The van der Waals surface area contributed by atoms with Crippen molar-refractivity contribution in [1.29, 1.82) is 0 Å². The first-order valence-electron chi connectivity index (χ1n) is 13.6. The molecule has 2 N–H and O–H groups in total. The number of ether oxygens (including phenoxy) is 1. The number of aromatic carboxylic acids is 1. The van der Waals surface area contributed by atoms with E-state index in [1.165, 1.54) is 24.8 Å². The van der Waals surface area contributed by atoms with Crippen LogP contribution < -0.4 is 0 Å². The number of carbonyl (C=O) groups excluding carboxylic acids is 1. The van der Waals surface area contributed by atoms with E-state index in [1.54, 1.807) is 18.2 Å². The molecule has 3 fully saturated rings. The predicted molar refractivity (Wildman–Crippen MR) is 139 cm³/mol. The highest BCUT2D eigenvalue weighted by molar-refractivity contribution is 6.00. The standard InChI is InChI=1S/C30H32N2O5/c33-20-7-9-21-23(15-20)24-16-30(24,29(36)31-10-12-37-13-11-31)17-32-25-14-19(28(34)35)6-8-22(25)26(27(21)32)18-4-2-1-3-5-18/h6-9,14-15,18,24,33H,1-5,10-13,16-17H2,(H,34,35). The number of carboxylic acid groups (broad SMARTS) is 1. The molecule has 0 bridgehead atoms. The van der Waals surface area contributed by atoms with Crippen LogP contribution in [0.3, 0.4) is 0 Å². The molecule has 2 aliphatic heterocycles. The number of phenolic OH excluding ortho intramolecular Hbond substituents is 1. The maximum absolute atomic E-state index is 14.1. The average molecular weight is 501 g/mol. The third-order valence-electron chi connectivity index (χ3n) is 9.27. The number of aromatic nitrogens is 1. The smallest absolute Gasteiger partial charge is 0.335 e. The molecule has 2 unspecified atom stereocenters. The van der Waals surface area contributed by atoms with E-state index in [1.807, 2.05) is 23.1 Å². The topological polar surface area (TPSA) is 92.0 Å². The highest BCUT2D eigenvalue weighted by Crippen LogP contribution is 2.66. The molecule has 0 radical (unpaired) electrons. The van der Waals surface area contributed by atoms with Crippen LogP contribution in [0.1, 0.15) is 71.8 Å². The van der Waals surface area contributed by atoms with E-state index in [-0.39, 0.29) is 23.1 Å². The maximum atomic E-state index is 14.1. The van der Waals surface area contributed by atoms with Gasteiger partial charge in [-0.15, -0.1) is 0 Å². The number of fused-ring (bicyclic) bond motifs is 7. The van der Waals surface area contributed by atoms with Crippen LogP contribution in [0.2, 0.25) is 0 Å². The molecular formula is C30H32N2O5. The molecule has 2 aliphatic carbocycles. The van der Waals surface area contributed by atoms with Crippen molar-refractivity contribution in [2.45, 2.75) is 56.9 Å². The summed E-state index contributed by atoms with van der Waals surface area (Å²) in [6.45, 7) is 2.81.